The van der Waals surface area contributed by atoms with Gasteiger partial charge in [-0.15, -0.1) is 0 Å². The molecule has 2 aromatic heterocycles. The van der Waals surface area contributed by atoms with Gasteiger partial charge in [0.05, 0.1) is 12.6 Å². The average Bonchev–Trinajstić information content (AvgIpc) is 3.17. The molecule has 3 heterocycles. The van der Waals surface area contributed by atoms with Crippen molar-refractivity contribution in [2.24, 2.45) is 7.05 Å². The van der Waals surface area contributed by atoms with Crippen LogP contribution in [0, 0.1) is 0 Å². The van der Waals surface area contributed by atoms with Crippen LogP contribution in [0.5, 0.6) is 0 Å². The lowest BCUT2D eigenvalue weighted by Gasteiger charge is -2.04. The van der Waals surface area contributed by atoms with E-state index >= 15 is 0 Å². The van der Waals surface area contributed by atoms with Crippen molar-refractivity contribution in [2.75, 3.05) is 6.54 Å². The first-order chi connectivity index (χ1) is 9.74. The van der Waals surface area contributed by atoms with Crippen molar-refractivity contribution in [3.63, 3.8) is 0 Å². The van der Waals surface area contributed by atoms with Crippen LogP contribution in [0.2, 0.25) is 0 Å². The molecular formula is C13H17N5O2. The number of carbonyl (C=O) groups is 1. The lowest BCUT2D eigenvalue weighted by Crippen LogP contribution is -2.25. The van der Waals surface area contributed by atoms with Gasteiger partial charge in [0.25, 0.3) is 11.7 Å². The molecule has 1 aliphatic rings. The quantitative estimate of drug-likeness (QED) is 0.860. The van der Waals surface area contributed by atoms with Crippen LogP contribution in [-0.2, 0) is 13.6 Å². The maximum Gasteiger partial charge on any atom is 0.293 e. The molecule has 0 radical (unpaired) electrons. The second-order valence-electron chi connectivity index (χ2n) is 4.90. The smallest absolute Gasteiger partial charge is 0.293 e. The minimum absolute atomic E-state index is 0.0805. The number of nitrogens with zero attached hydrogens (tertiary/aromatic N) is 3. The maximum absolute atomic E-state index is 12.0. The molecule has 7 nitrogen and oxygen atoms in total. The zero-order valence-corrected chi connectivity index (χ0v) is 11.3. The molecule has 2 N–H and O–H groups in total. The van der Waals surface area contributed by atoms with E-state index in [0.29, 0.717) is 12.4 Å². The van der Waals surface area contributed by atoms with Gasteiger partial charge in [0.15, 0.2) is 0 Å². The van der Waals surface area contributed by atoms with Crippen LogP contribution in [0.3, 0.4) is 0 Å². The first-order valence-corrected chi connectivity index (χ1v) is 6.69. The number of hydrogen-bond acceptors (Lipinski definition) is 5. The maximum atomic E-state index is 12.0. The Balaban J connectivity index is 1.61. The molecule has 1 aliphatic heterocycles. The summed E-state index contributed by atoms with van der Waals surface area (Å²) in [5.74, 6) is 0.258. The largest absolute Gasteiger partial charge is 0.353 e. The fourth-order valence-electron chi connectivity index (χ4n) is 2.29. The Kier molecular flexibility index (Phi) is 3.51. The van der Waals surface area contributed by atoms with Crippen LogP contribution in [0.15, 0.2) is 22.9 Å². The number of hydrogen-bond donors (Lipinski definition) is 2. The van der Waals surface area contributed by atoms with Crippen molar-refractivity contribution in [2.45, 2.75) is 25.4 Å². The highest BCUT2D eigenvalue weighted by Crippen LogP contribution is 2.20. The molecule has 0 aliphatic carbocycles. The summed E-state index contributed by atoms with van der Waals surface area (Å²) in [6.45, 7) is 1.38. The molecule has 2 aromatic rings. The molecule has 1 atom stereocenters. The van der Waals surface area contributed by atoms with Crippen LogP contribution in [0.1, 0.15) is 41.1 Å². The van der Waals surface area contributed by atoms with Crippen molar-refractivity contribution in [3.8, 4) is 0 Å². The van der Waals surface area contributed by atoms with E-state index in [1.54, 1.807) is 0 Å². The van der Waals surface area contributed by atoms with E-state index in [2.05, 4.69) is 20.8 Å². The Bertz CT molecular complexity index is 597. The van der Waals surface area contributed by atoms with Gasteiger partial charge in [0.1, 0.15) is 0 Å². The van der Waals surface area contributed by atoms with Gasteiger partial charge < -0.3 is 19.7 Å². The van der Waals surface area contributed by atoms with Gasteiger partial charge in [0, 0.05) is 18.9 Å². The van der Waals surface area contributed by atoms with E-state index in [9.17, 15) is 4.79 Å². The lowest BCUT2D eigenvalue weighted by atomic mass is 10.2. The van der Waals surface area contributed by atoms with Gasteiger partial charge in [-0.1, -0.05) is 5.16 Å². The summed E-state index contributed by atoms with van der Waals surface area (Å²) in [6, 6.07) is 3.96. The summed E-state index contributed by atoms with van der Waals surface area (Å²) in [6.07, 6.45) is 3.98. The van der Waals surface area contributed by atoms with Gasteiger partial charge in [-0.05, 0) is 31.5 Å². The summed E-state index contributed by atoms with van der Waals surface area (Å²) in [7, 11) is 1.93. The van der Waals surface area contributed by atoms with Crippen molar-refractivity contribution in [1.82, 2.24) is 25.3 Å². The Morgan fingerprint density at radius 3 is 3.25 bits per heavy atom. The monoisotopic (exact) mass is 275 g/mol. The molecule has 1 fully saturated rings. The highest BCUT2D eigenvalue weighted by Gasteiger charge is 2.24. The molecular weight excluding hydrogens is 258 g/mol. The number of amides is 1. The average molecular weight is 275 g/mol. The number of rotatable bonds is 4. The molecule has 1 saturated heterocycles. The van der Waals surface area contributed by atoms with E-state index in [1.807, 2.05) is 29.9 Å². The SMILES string of the molecule is Cn1cccc1CNC(=O)c1noc(C2CCCN2)n1. The molecule has 0 bridgehead atoms. The fourth-order valence-corrected chi connectivity index (χ4v) is 2.29. The van der Waals surface area contributed by atoms with Crippen LogP contribution < -0.4 is 10.6 Å². The van der Waals surface area contributed by atoms with Gasteiger partial charge in [-0.25, -0.2) is 0 Å². The molecule has 1 unspecified atom stereocenters. The van der Waals surface area contributed by atoms with Gasteiger partial charge in [-0.2, -0.15) is 4.98 Å². The molecule has 7 heteroatoms. The van der Waals surface area contributed by atoms with E-state index in [4.69, 9.17) is 4.52 Å². The number of nitrogens with one attached hydrogen (secondary N) is 2. The Morgan fingerprint density at radius 2 is 2.55 bits per heavy atom. The minimum atomic E-state index is -0.320. The zero-order chi connectivity index (χ0) is 13.9. The third-order valence-electron chi connectivity index (χ3n) is 3.48. The Labute approximate surface area is 116 Å². The van der Waals surface area contributed by atoms with Crippen LogP contribution in [0.4, 0.5) is 0 Å². The van der Waals surface area contributed by atoms with Crippen molar-refractivity contribution in [1.29, 1.82) is 0 Å². The van der Waals surface area contributed by atoms with E-state index in [-0.39, 0.29) is 17.8 Å². The molecule has 3 rings (SSSR count). The van der Waals surface area contributed by atoms with Gasteiger partial charge in [-0.3, -0.25) is 4.79 Å². The summed E-state index contributed by atoms with van der Waals surface area (Å²) in [5, 5.41) is 9.77. The Hall–Kier alpha value is -2.15. The summed E-state index contributed by atoms with van der Waals surface area (Å²) in [5.41, 5.74) is 1.01. The Morgan fingerprint density at radius 1 is 1.65 bits per heavy atom. The molecule has 0 spiro atoms. The minimum Gasteiger partial charge on any atom is -0.353 e. The lowest BCUT2D eigenvalue weighted by molar-refractivity contribution is 0.0936. The molecule has 20 heavy (non-hydrogen) atoms. The first kappa shape index (κ1) is 12.9. The zero-order valence-electron chi connectivity index (χ0n) is 11.3. The van der Waals surface area contributed by atoms with Crippen LogP contribution in [0.25, 0.3) is 0 Å². The predicted molar refractivity (Wildman–Crippen MR) is 70.9 cm³/mol. The summed E-state index contributed by atoms with van der Waals surface area (Å²) < 4.78 is 7.09. The normalized spacial score (nSPS) is 18.4. The summed E-state index contributed by atoms with van der Waals surface area (Å²) in [4.78, 5) is 16.1. The molecule has 0 saturated carbocycles. The van der Waals surface area contributed by atoms with E-state index in [1.165, 1.54) is 0 Å². The number of aryl methyl sites for hydroxylation is 1. The third-order valence-corrected chi connectivity index (χ3v) is 3.48. The van der Waals surface area contributed by atoms with Gasteiger partial charge >= 0.3 is 0 Å². The van der Waals surface area contributed by atoms with Crippen LogP contribution in [-0.4, -0.2) is 27.2 Å². The van der Waals surface area contributed by atoms with Crippen molar-refractivity contribution in [3.05, 3.63) is 35.7 Å². The highest BCUT2D eigenvalue weighted by molar-refractivity contribution is 5.90. The van der Waals surface area contributed by atoms with Crippen LogP contribution >= 0.6 is 0 Å². The molecule has 106 valence electrons. The van der Waals surface area contributed by atoms with E-state index < -0.39 is 0 Å². The number of aromatic nitrogens is 3. The fraction of sp³-hybridized carbons (Fsp3) is 0.462. The summed E-state index contributed by atoms with van der Waals surface area (Å²) >= 11 is 0. The second kappa shape index (κ2) is 5.46. The highest BCUT2D eigenvalue weighted by atomic mass is 16.5. The topological polar surface area (TPSA) is 85.0 Å². The van der Waals surface area contributed by atoms with Gasteiger partial charge in [0.2, 0.25) is 5.89 Å². The second-order valence-corrected chi connectivity index (χ2v) is 4.90. The molecule has 1 amide bonds. The predicted octanol–water partition coefficient (Wildman–Crippen LogP) is 0.763. The van der Waals surface area contributed by atoms with Crippen molar-refractivity contribution < 1.29 is 9.32 Å². The van der Waals surface area contributed by atoms with E-state index in [0.717, 1.165) is 25.1 Å². The third kappa shape index (κ3) is 2.57. The van der Waals surface area contributed by atoms with Crippen molar-refractivity contribution >= 4 is 5.91 Å². The standard InChI is InChI=1S/C13H17N5O2/c1-18-7-3-4-9(18)8-15-12(19)11-16-13(20-17-11)10-5-2-6-14-10/h3-4,7,10,14H,2,5-6,8H2,1H3,(H,15,19). The number of carbonyl (C=O) groups excluding carboxylic acids is 1. The molecule has 0 aromatic carbocycles. The first-order valence-electron chi connectivity index (χ1n) is 6.69.